The Morgan fingerprint density at radius 2 is 1.14 bits per heavy atom. The summed E-state index contributed by atoms with van der Waals surface area (Å²) in [5.41, 5.74) is 0. The van der Waals surface area contributed by atoms with E-state index in [1.54, 1.807) is 0 Å². The molecule has 3 heteroatoms. The van der Waals surface area contributed by atoms with Crippen LogP contribution in [0.1, 0.15) is 155 Å². The third-order valence-electron chi connectivity index (χ3n) is 7.16. The van der Waals surface area contributed by atoms with E-state index >= 15 is 0 Å². The van der Waals surface area contributed by atoms with Gasteiger partial charge in [0.15, 0.2) is 0 Å². The Kier molecular flexibility index (Phi) is 27.1. The Bertz CT molecular complexity index is 460. The maximum absolute atomic E-state index is 11.3. The molecule has 35 heavy (non-hydrogen) atoms. The molecule has 0 aliphatic rings. The van der Waals surface area contributed by atoms with Crippen molar-refractivity contribution in [2.45, 2.75) is 155 Å². The van der Waals surface area contributed by atoms with Crippen molar-refractivity contribution in [3.63, 3.8) is 0 Å². The predicted molar refractivity (Wildman–Crippen MR) is 155 cm³/mol. The topological polar surface area (TPSA) is 29.5 Å². The van der Waals surface area contributed by atoms with Crippen LogP contribution in [-0.2, 0) is 9.53 Å². The highest BCUT2D eigenvalue weighted by Crippen LogP contribution is 2.22. The van der Waals surface area contributed by atoms with Crippen LogP contribution in [0.2, 0.25) is 0 Å². The van der Waals surface area contributed by atoms with Crippen LogP contribution in [0.25, 0.3) is 0 Å². The molecule has 0 amide bonds. The number of carbonyl (C=O) groups excluding carboxylic acids is 1. The molecule has 0 heterocycles. The van der Waals surface area contributed by atoms with Crippen molar-refractivity contribution >= 4 is 5.97 Å². The molecule has 0 aromatic heterocycles. The fourth-order valence-corrected chi connectivity index (χ4v) is 4.84. The number of esters is 1. The second-order valence-electron chi connectivity index (χ2n) is 10.9. The fourth-order valence-electron chi connectivity index (χ4n) is 4.84. The van der Waals surface area contributed by atoms with Crippen LogP contribution in [0.5, 0.6) is 0 Å². The van der Waals surface area contributed by atoms with Crippen molar-refractivity contribution in [1.82, 2.24) is 4.90 Å². The summed E-state index contributed by atoms with van der Waals surface area (Å²) in [4.78, 5) is 13.6. The van der Waals surface area contributed by atoms with Crippen LogP contribution >= 0.6 is 0 Å². The molecule has 0 aromatic carbocycles. The molecule has 208 valence electrons. The van der Waals surface area contributed by atoms with Crippen molar-refractivity contribution in [2.75, 3.05) is 27.2 Å². The lowest BCUT2D eigenvalue weighted by molar-refractivity contribution is -0.143. The van der Waals surface area contributed by atoms with Gasteiger partial charge in [-0.15, -0.1) is 0 Å². The number of nitrogens with zero attached hydrogens (tertiary/aromatic N) is 1. The van der Waals surface area contributed by atoms with Gasteiger partial charge >= 0.3 is 5.97 Å². The molecule has 0 aromatic rings. The lowest BCUT2D eigenvalue weighted by atomic mass is 9.91. The van der Waals surface area contributed by atoms with Gasteiger partial charge in [-0.3, -0.25) is 4.79 Å². The van der Waals surface area contributed by atoms with Crippen LogP contribution in [0, 0.1) is 5.92 Å². The highest BCUT2D eigenvalue weighted by Gasteiger charge is 2.09. The van der Waals surface area contributed by atoms with Crippen LogP contribution in [-0.4, -0.2) is 38.1 Å². The van der Waals surface area contributed by atoms with Gasteiger partial charge in [0, 0.05) is 6.42 Å². The van der Waals surface area contributed by atoms with E-state index in [0.717, 1.165) is 18.8 Å². The summed E-state index contributed by atoms with van der Waals surface area (Å²) in [6, 6.07) is 0. The minimum atomic E-state index is -0.0387. The minimum Gasteiger partial charge on any atom is -0.466 e. The van der Waals surface area contributed by atoms with E-state index in [-0.39, 0.29) is 5.97 Å². The molecule has 0 saturated carbocycles. The summed E-state index contributed by atoms with van der Waals surface area (Å²) in [5, 5.41) is 0. The van der Waals surface area contributed by atoms with E-state index in [1.807, 2.05) is 6.92 Å². The molecular weight excluding hydrogens is 430 g/mol. The Labute approximate surface area is 220 Å². The predicted octanol–water partition coefficient (Wildman–Crippen LogP) is 9.89. The quantitative estimate of drug-likeness (QED) is 0.0647. The van der Waals surface area contributed by atoms with E-state index in [9.17, 15) is 4.79 Å². The first-order chi connectivity index (χ1) is 17.1. The first-order valence-corrected chi connectivity index (χ1v) is 15.5. The molecule has 0 spiro atoms. The van der Waals surface area contributed by atoms with Crippen molar-refractivity contribution in [2.24, 2.45) is 5.92 Å². The molecule has 0 bridgehead atoms. The van der Waals surface area contributed by atoms with Gasteiger partial charge in [0.25, 0.3) is 0 Å². The number of hydrogen-bond donors (Lipinski definition) is 0. The van der Waals surface area contributed by atoms with Gasteiger partial charge in [-0.05, 0) is 72.0 Å². The van der Waals surface area contributed by atoms with Crippen LogP contribution in [0.4, 0.5) is 0 Å². The molecular formula is C32H63NO2. The van der Waals surface area contributed by atoms with Crippen molar-refractivity contribution in [3.05, 3.63) is 12.2 Å². The molecule has 0 saturated heterocycles. The maximum Gasteiger partial charge on any atom is 0.305 e. The highest BCUT2D eigenvalue weighted by molar-refractivity contribution is 5.69. The normalized spacial score (nSPS) is 12.6. The Morgan fingerprint density at radius 1 is 0.657 bits per heavy atom. The number of hydrogen-bond acceptors (Lipinski definition) is 3. The number of rotatable bonds is 27. The summed E-state index contributed by atoms with van der Waals surface area (Å²) in [5.74, 6) is 0.914. The summed E-state index contributed by atoms with van der Waals surface area (Å²) in [6.07, 6.45) is 33.6. The second-order valence-corrected chi connectivity index (χ2v) is 10.9. The second kappa shape index (κ2) is 27.8. The fraction of sp³-hybridized carbons (Fsp3) is 0.906. The van der Waals surface area contributed by atoms with Gasteiger partial charge in [-0.1, -0.05) is 115 Å². The monoisotopic (exact) mass is 493 g/mol. The van der Waals surface area contributed by atoms with Crippen molar-refractivity contribution in [1.29, 1.82) is 0 Å². The van der Waals surface area contributed by atoms with Crippen LogP contribution in [0.15, 0.2) is 12.2 Å². The van der Waals surface area contributed by atoms with Crippen LogP contribution in [0.3, 0.4) is 0 Å². The lowest BCUT2D eigenvalue weighted by Gasteiger charge is -2.19. The molecule has 3 nitrogen and oxygen atoms in total. The van der Waals surface area contributed by atoms with Crippen LogP contribution < -0.4 is 0 Å². The zero-order valence-corrected chi connectivity index (χ0v) is 24.5. The third kappa shape index (κ3) is 27.6. The average Bonchev–Trinajstić information content (AvgIpc) is 2.83. The van der Waals surface area contributed by atoms with Gasteiger partial charge in [0.1, 0.15) is 0 Å². The maximum atomic E-state index is 11.3. The first-order valence-electron chi connectivity index (χ1n) is 15.5. The summed E-state index contributed by atoms with van der Waals surface area (Å²) in [7, 11) is 4.43. The van der Waals surface area contributed by atoms with E-state index < -0.39 is 0 Å². The molecule has 0 radical (unpaired) electrons. The molecule has 1 unspecified atom stereocenters. The Balaban J connectivity index is 3.52. The molecule has 0 N–H and O–H groups in total. The summed E-state index contributed by atoms with van der Waals surface area (Å²) >= 11 is 0. The zero-order valence-electron chi connectivity index (χ0n) is 24.5. The van der Waals surface area contributed by atoms with Gasteiger partial charge < -0.3 is 9.64 Å². The third-order valence-corrected chi connectivity index (χ3v) is 7.16. The molecule has 1 atom stereocenters. The number of allylic oxidation sites excluding steroid dienone is 2. The SMILES string of the molecule is CCCCCCCC(CCCCCCCC/C=C\CCCCCCCC(=O)OCC)CCN(C)C. The first kappa shape index (κ1) is 34.2. The van der Waals surface area contributed by atoms with E-state index in [1.165, 1.54) is 129 Å². The lowest BCUT2D eigenvalue weighted by Crippen LogP contribution is -2.17. The summed E-state index contributed by atoms with van der Waals surface area (Å²) in [6.45, 7) is 5.93. The molecule has 0 fully saturated rings. The summed E-state index contributed by atoms with van der Waals surface area (Å²) < 4.78 is 4.96. The smallest absolute Gasteiger partial charge is 0.305 e. The van der Waals surface area contributed by atoms with E-state index in [2.05, 4.69) is 38.1 Å². The van der Waals surface area contributed by atoms with Gasteiger partial charge in [0.2, 0.25) is 0 Å². The molecule has 0 aliphatic heterocycles. The van der Waals surface area contributed by atoms with Gasteiger partial charge in [-0.2, -0.15) is 0 Å². The molecule has 0 aliphatic carbocycles. The van der Waals surface area contributed by atoms with E-state index in [4.69, 9.17) is 4.74 Å². The Morgan fingerprint density at radius 3 is 1.66 bits per heavy atom. The number of unbranched alkanes of at least 4 members (excludes halogenated alkanes) is 15. The highest BCUT2D eigenvalue weighted by atomic mass is 16.5. The van der Waals surface area contributed by atoms with Crippen molar-refractivity contribution in [3.8, 4) is 0 Å². The van der Waals surface area contributed by atoms with Crippen molar-refractivity contribution < 1.29 is 9.53 Å². The van der Waals surface area contributed by atoms with Gasteiger partial charge in [-0.25, -0.2) is 0 Å². The molecule has 0 rings (SSSR count). The standard InChI is InChI=1S/C32H63NO2/c1-5-7-8-20-23-26-31(29-30-33(3)4)27-24-21-18-16-14-12-10-9-11-13-15-17-19-22-25-28-32(34)35-6-2/h9,11,31H,5-8,10,12-30H2,1-4H3/b11-9-. The Hall–Kier alpha value is -0.830. The van der Waals surface area contributed by atoms with E-state index in [0.29, 0.717) is 13.0 Å². The largest absolute Gasteiger partial charge is 0.466 e. The van der Waals surface area contributed by atoms with Gasteiger partial charge in [0.05, 0.1) is 6.61 Å². The average molecular weight is 494 g/mol. The zero-order chi connectivity index (χ0) is 25.8. The minimum absolute atomic E-state index is 0.0387. The number of carbonyl (C=O) groups is 1. The number of ether oxygens (including phenoxy) is 1.